The zero-order valence-corrected chi connectivity index (χ0v) is 18.4. The van der Waals surface area contributed by atoms with Crippen molar-refractivity contribution in [3.8, 4) is 5.75 Å². The maximum atomic E-state index is 13.6. The van der Waals surface area contributed by atoms with E-state index in [2.05, 4.69) is 0 Å². The minimum Gasteiger partial charge on any atom is -0.462 e. The van der Waals surface area contributed by atoms with Gasteiger partial charge >= 0.3 is 20.3 Å². The molecule has 0 atom stereocenters. The smallest absolute Gasteiger partial charge is 0.386 e. The van der Waals surface area contributed by atoms with Crippen molar-refractivity contribution in [2.45, 2.75) is 39.7 Å². The molecule has 0 aliphatic rings. The molecule has 0 aromatic heterocycles. The number of benzene rings is 1. The van der Waals surface area contributed by atoms with Crippen molar-refractivity contribution in [3.63, 3.8) is 0 Å². The summed E-state index contributed by atoms with van der Waals surface area (Å²) in [5.74, 6) is 0.0624. The zero-order chi connectivity index (χ0) is 21.4. The van der Waals surface area contributed by atoms with Crippen LogP contribution < -0.4 is 4.74 Å². The number of non-ortho nitro benzene ring substituents is 1. The van der Waals surface area contributed by atoms with E-state index in [1.165, 1.54) is 31.2 Å². The predicted octanol–water partition coefficient (Wildman–Crippen LogP) is 5.18. The quantitative estimate of drug-likeness (QED) is 0.232. The molecular weight excluding hydrogens is 412 g/mol. The SMILES string of the molecule is CCOP(=O)(OCC)C(C)(Oc1ccc([N+](=O)[O-])cc1)P(=O)(OCC)OCC. The molecule has 0 bridgehead atoms. The summed E-state index contributed by atoms with van der Waals surface area (Å²) in [5.41, 5.74) is -0.162. The molecule has 0 N–H and O–H groups in total. The Balaban J connectivity index is 3.54. The van der Waals surface area contributed by atoms with E-state index in [4.69, 9.17) is 22.8 Å². The van der Waals surface area contributed by atoms with Gasteiger partial charge in [-0.15, -0.1) is 0 Å². The molecule has 1 aromatic rings. The Morgan fingerprint density at radius 2 is 1.21 bits per heavy atom. The molecule has 0 saturated carbocycles. The van der Waals surface area contributed by atoms with Gasteiger partial charge in [0.15, 0.2) is 0 Å². The molecule has 0 spiro atoms. The van der Waals surface area contributed by atoms with Gasteiger partial charge in [-0.3, -0.25) is 19.2 Å². The maximum absolute atomic E-state index is 13.6. The van der Waals surface area contributed by atoms with Crippen LogP contribution in [0.25, 0.3) is 0 Å². The van der Waals surface area contributed by atoms with Gasteiger partial charge in [0.05, 0.1) is 31.4 Å². The standard InChI is InChI=1S/C16H27NO9P2/c1-6-22-27(20,23-7-2)16(5,28(21,24-8-3)25-9-4)26-15-12-10-14(11-13-15)17(18)19/h10-13H,6-9H2,1-5H3. The van der Waals surface area contributed by atoms with Gasteiger partial charge in [-0.25, -0.2) is 0 Å². The average Bonchev–Trinajstić information content (AvgIpc) is 2.62. The van der Waals surface area contributed by atoms with E-state index in [1.54, 1.807) is 27.7 Å². The summed E-state index contributed by atoms with van der Waals surface area (Å²) in [6.45, 7) is 7.66. The lowest BCUT2D eigenvalue weighted by molar-refractivity contribution is -0.384. The van der Waals surface area contributed by atoms with Crippen LogP contribution in [0.3, 0.4) is 0 Å². The first-order valence-corrected chi connectivity index (χ1v) is 11.9. The number of rotatable bonds is 13. The molecule has 0 heterocycles. The molecule has 0 fully saturated rings. The summed E-state index contributed by atoms with van der Waals surface area (Å²) in [4.78, 5) is 10.3. The zero-order valence-electron chi connectivity index (χ0n) is 16.7. The van der Waals surface area contributed by atoms with Crippen LogP contribution in [0.1, 0.15) is 34.6 Å². The molecular formula is C16H27NO9P2. The minimum atomic E-state index is -4.19. The Bertz CT molecular complexity index is 688. The Morgan fingerprint density at radius 1 is 0.857 bits per heavy atom. The van der Waals surface area contributed by atoms with Crippen LogP contribution in [0.2, 0.25) is 0 Å². The van der Waals surface area contributed by atoms with Crippen LogP contribution in [-0.4, -0.2) is 36.4 Å². The molecule has 10 nitrogen and oxygen atoms in total. The van der Waals surface area contributed by atoms with E-state index in [9.17, 15) is 19.2 Å². The lowest BCUT2D eigenvalue weighted by Crippen LogP contribution is -2.36. The van der Waals surface area contributed by atoms with Crippen molar-refractivity contribution in [2.75, 3.05) is 26.4 Å². The van der Waals surface area contributed by atoms with Gasteiger partial charge < -0.3 is 22.8 Å². The summed E-state index contributed by atoms with van der Waals surface area (Å²) >= 11 is 0. The van der Waals surface area contributed by atoms with E-state index in [0.717, 1.165) is 0 Å². The fraction of sp³-hybridized carbons (Fsp3) is 0.625. The van der Waals surface area contributed by atoms with E-state index in [-0.39, 0.29) is 37.9 Å². The van der Waals surface area contributed by atoms with Gasteiger partial charge in [0, 0.05) is 12.1 Å². The van der Waals surface area contributed by atoms with Crippen LogP contribution >= 0.6 is 15.2 Å². The van der Waals surface area contributed by atoms with E-state index in [1.807, 2.05) is 0 Å². The molecule has 0 aliphatic carbocycles. The van der Waals surface area contributed by atoms with Crippen molar-refractivity contribution >= 4 is 20.9 Å². The molecule has 0 amide bonds. The summed E-state index contributed by atoms with van der Waals surface area (Å²) in [6, 6.07) is 4.99. The Morgan fingerprint density at radius 3 is 1.50 bits per heavy atom. The summed E-state index contributed by atoms with van der Waals surface area (Å²) in [5, 5.41) is 8.71. The van der Waals surface area contributed by atoms with E-state index >= 15 is 0 Å². The van der Waals surface area contributed by atoms with E-state index in [0.29, 0.717) is 0 Å². The molecule has 160 valence electrons. The van der Waals surface area contributed by atoms with Gasteiger partial charge in [-0.2, -0.15) is 0 Å². The second kappa shape index (κ2) is 10.5. The third kappa shape index (κ3) is 5.20. The normalized spacial score (nSPS) is 12.8. The first-order valence-electron chi connectivity index (χ1n) is 8.84. The highest BCUT2D eigenvalue weighted by Crippen LogP contribution is 2.77. The lowest BCUT2D eigenvalue weighted by Gasteiger charge is -2.39. The average molecular weight is 439 g/mol. The highest BCUT2D eigenvalue weighted by atomic mass is 31.2. The first kappa shape index (κ1) is 24.8. The maximum Gasteiger partial charge on any atom is 0.386 e. The van der Waals surface area contributed by atoms with Gasteiger partial charge in [0.25, 0.3) is 5.69 Å². The van der Waals surface area contributed by atoms with Crippen molar-refractivity contribution in [2.24, 2.45) is 0 Å². The van der Waals surface area contributed by atoms with Crippen molar-refractivity contribution in [1.82, 2.24) is 0 Å². The third-order valence-electron chi connectivity index (χ3n) is 3.57. The summed E-state index contributed by atoms with van der Waals surface area (Å²) in [7, 11) is -8.38. The molecule has 28 heavy (non-hydrogen) atoms. The number of hydrogen-bond acceptors (Lipinski definition) is 9. The molecule has 0 saturated heterocycles. The van der Waals surface area contributed by atoms with Crippen molar-refractivity contribution in [1.29, 1.82) is 0 Å². The fourth-order valence-electron chi connectivity index (χ4n) is 2.35. The summed E-state index contributed by atoms with van der Waals surface area (Å²) < 4.78 is 54.5. The first-order chi connectivity index (χ1) is 13.1. The van der Waals surface area contributed by atoms with Crippen LogP contribution in [-0.2, 0) is 27.2 Å². The topological polar surface area (TPSA) is 123 Å². The largest absolute Gasteiger partial charge is 0.462 e. The van der Waals surface area contributed by atoms with Crippen molar-refractivity contribution in [3.05, 3.63) is 34.4 Å². The van der Waals surface area contributed by atoms with Crippen LogP contribution in [0.4, 0.5) is 5.69 Å². The summed E-state index contributed by atoms with van der Waals surface area (Å²) in [6.07, 6.45) is 0. The molecule has 12 heteroatoms. The van der Waals surface area contributed by atoms with Gasteiger partial charge in [-0.05, 0) is 46.8 Å². The van der Waals surface area contributed by atoms with Gasteiger partial charge in [0.1, 0.15) is 5.75 Å². The second-order valence-corrected chi connectivity index (χ2v) is 10.5. The third-order valence-corrected chi connectivity index (χ3v) is 9.65. The number of hydrogen-bond donors (Lipinski definition) is 0. The Kier molecular flexibility index (Phi) is 9.27. The molecule has 0 aliphatic heterocycles. The van der Waals surface area contributed by atoms with Crippen molar-refractivity contribution < 1.29 is 36.9 Å². The monoisotopic (exact) mass is 439 g/mol. The molecule has 0 radical (unpaired) electrons. The highest BCUT2D eigenvalue weighted by molar-refractivity contribution is 7.73. The number of ether oxygens (including phenoxy) is 1. The highest BCUT2D eigenvalue weighted by Gasteiger charge is 2.65. The van der Waals surface area contributed by atoms with Crippen LogP contribution in [0.15, 0.2) is 24.3 Å². The number of nitro benzene ring substituents is 1. The van der Waals surface area contributed by atoms with Gasteiger partial charge in [-0.1, -0.05) is 0 Å². The molecule has 0 unspecified atom stereocenters. The number of nitro groups is 1. The Hall–Kier alpha value is -1.28. The fourth-order valence-corrected chi connectivity index (χ4v) is 7.15. The number of nitrogens with zero attached hydrogens (tertiary/aromatic N) is 1. The van der Waals surface area contributed by atoms with E-state index < -0.39 is 25.2 Å². The molecule has 1 aromatic carbocycles. The van der Waals surface area contributed by atoms with Crippen LogP contribution in [0.5, 0.6) is 5.75 Å². The van der Waals surface area contributed by atoms with Crippen LogP contribution in [0, 0.1) is 10.1 Å². The lowest BCUT2D eigenvalue weighted by atomic mass is 10.3. The molecule has 1 rings (SSSR count). The van der Waals surface area contributed by atoms with Gasteiger partial charge in [0.2, 0.25) is 0 Å². The predicted molar refractivity (Wildman–Crippen MR) is 104 cm³/mol. The second-order valence-electron chi connectivity index (χ2n) is 5.45. The minimum absolute atomic E-state index is 0.00522. The Labute approximate surface area is 164 Å².